The van der Waals surface area contributed by atoms with Crippen LogP contribution in [0.25, 0.3) is 10.9 Å². The number of sulfonamides is 1. The topological polar surface area (TPSA) is 116 Å². The first-order valence-electron chi connectivity index (χ1n) is 8.17. The molecule has 0 unspecified atom stereocenters. The summed E-state index contributed by atoms with van der Waals surface area (Å²) in [4.78, 5) is 35.3. The molecule has 0 aliphatic carbocycles. The van der Waals surface area contributed by atoms with Crippen molar-refractivity contribution in [3.63, 3.8) is 0 Å². The lowest BCUT2D eigenvalue weighted by atomic mass is 10.2. The van der Waals surface area contributed by atoms with E-state index in [0.29, 0.717) is 6.07 Å². The minimum atomic E-state index is -4.21. The van der Waals surface area contributed by atoms with Gasteiger partial charge in [0.1, 0.15) is 5.82 Å². The van der Waals surface area contributed by atoms with Crippen LogP contribution in [0.4, 0.5) is 10.1 Å². The first-order valence-corrected chi connectivity index (χ1v) is 9.65. The van der Waals surface area contributed by atoms with E-state index in [2.05, 4.69) is 9.46 Å². The third kappa shape index (κ3) is 3.51. The van der Waals surface area contributed by atoms with Gasteiger partial charge in [-0.25, -0.2) is 22.4 Å². The highest BCUT2D eigenvalue weighted by Gasteiger charge is 2.20. The van der Waals surface area contributed by atoms with Crippen LogP contribution in [0.1, 0.15) is 10.4 Å². The zero-order valence-corrected chi connectivity index (χ0v) is 16.4. The Morgan fingerprint density at radius 3 is 2.38 bits per heavy atom. The van der Waals surface area contributed by atoms with Crippen LogP contribution in [0.2, 0.25) is 0 Å². The Balaban J connectivity index is 2.04. The summed E-state index contributed by atoms with van der Waals surface area (Å²) >= 11 is 0. The summed E-state index contributed by atoms with van der Waals surface area (Å²) < 4.78 is 48.1. The van der Waals surface area contributed by atoms with Gasteiger partial charge in [0.2, 0.25) is 0 Å². The Bertz CT molecular complexity index is 1370. The largest absolute Gasteiger partial charge is 0.465 e. The van der Waals surface area contributed by atoms with E-state index in [1.807, 2.05) is 0 Å². The van der Waals surface area contributed by atoms with Crippen molar-refractivity contribution in [2.24, 2.45) is 14.1 Å². The maximum Gasteiger partial charge on any atom is 0.340 e. The number of nitrogens with one attached hydrogen (secondary N) is 1. The van der Waals surface area contributed by atoms with Crippen LogP contribution in [-0.2, 0) is 28.9 Å². The number of esters is 1. The molecule has 0 amide bonds. The second-order valence-electron chi connectivity index (χ2n) is 6.18. The van der Waals surface area contributed by atoms with Crippen molar-refractivity contribution in [1.29, 1.82) is 0 Å². The highest BCUT2D eigenvalue weighted by atomic mass is 32.2. The molecular weight excluding hydrogens is 405 g/mol. The maximum absolute atomic E-state index is 14.1. The Labute approximate surface area is 164 Å². The highest BCUT2D eigenvalue weighted by molar-refractivity contribution is 7.92. The number of ether oxygens (including phenoxy) is 1. The molecule has 29 heavy (non-hydrogen) atoms. The third-order valence-corrected chi connectivity index (χ3v) is 5.76. The molecule has 0 aliphatic rings. The van der Waals surface area contributed by atoms with Crippen LogP contribution >= 0.6 is 0 Å². The Morgan fingerprint density at radius 1 is 1.07 bits per heavy atom. The average molecular weight is 421 g/mol. The molecule has 3 rings (SSSR count). The number of aromatic nitrogens is 2. The zero-order chi connectivity index (χ0) is 21.5. The van der Waals surface area contributed by atoms with E-state index in [1.54, 1.807) is 0 Å². The lowest BCUT2D eigenvalue weighted by Gasteiger charge is -2.12. The zero-order valence-electron chi connectivity index (χ0n) is 15.6. The Kier molecular flexibility index (Phi) is 5.01. The molecule has 1 heterocycles. The number of benzene rings is 2. The molecule has 0 saturated heterocycles. The molecule has 0 bridgehead atoms. The number of hydrogen-bond donors (Lipinski definition) is 1. The lowest BCUT2D eigenvalue weighted by Crippen LogP contribution is -2.36. The first kappa shape index (κ1) is 20.3. The number of halogens is 1. The SMILES string of the molecule is COC(=O)c1ccc(S(=O)(=O)Nc2ccc3c(=O)n(C)c(=O)n(C)c3c2)cc1F. The number of methoxy groups -OCH3 is 1. The maximum atomic E-state index is 14.1. The van der Waals surface area contributed by atoms with E-state index in [0.717, 1.165) is 23.8 Å². The van der Waals surface area contributed by atoms with Gasteiger partial charge in [0.15, 0.2) is 0 Å². The van der Waals surface area contributed by atoms with Gasteiger partial charge >= 0.3 is 11.7 Å². The van der Waals surface area contributed by atoms with Crippen LogP contribution in [0.3, 0.4) is 0 Å². The normalized spacial score (nSPS) is 11.4. The molecule has 0 atom stereocenters. The Hall–Kier alpha value is -3.47. The number of aryl methyl sites for hydroxylation is 1. The molecule has 0 radical (unpaired) electrons. The van der Waals surface area contributed by atoms with E-state index in [9.17, 15) is 27.2 Å². The van der Waals surface area contributed by atoms with Crippen molar-refractivity contribution in [2.45, 2.75) is 4.90 Å². The number of carbonyl (C=O) groups excluding carboxylic acids is 1. The van der Waals surface area contributed by atoms with Gasteiger partial charge < -0.3 is 4.74 Å². The van der Waals surface area contributed by atoms with Crippen molar-refractivity contribution in [3.8, 4) is 0 Å². The predicted molar refractivity (Wildman–Crippen MR) is 103 cm³/mol. The molecule has 0 aliphatic heterocycles. The third-order valence-electron chi connectivity index (χ3n) is 4.38. The van der Waals surface area contributed by atoms with Gasteiger partial charge in [-0.05, 0) is 36.4 Å². The standard InChI is InChI=1S/C18H16FN3O6S/c1-21-15-8-10(4-6-13(15)16(23)22(2)18(21)25)20-29(26,27)11-5-7-12(14(19)9-11)17(24)28-3/h4-9,20H,1-3H3. The Morgan fingerprint density at radius 2 is 1.76 bits per heavy atom. The average Bonchev–Trinajstić information content (AvgIpc) is 2.69. The van der Waals surface area contributed by atoms with Gasteiger partial charge in [0, 0.05) is 14.1 Å². The quantitative estimate of drug-likeness (QED) is 0.628. The van der Waals surface area contributed by atoms with Crippen molar-refractivity contribution in [1.82, 2.24) is 9.13 Å². The minimum absolute atomic E-state index is 0.0678. The van der Waals surface area contributed by atoms with Gasteiger partial charge in [-0.15, -0.1) is 0 Å². The summed E-state index contributed by atoms with van der Waals surface area (Å²) in [6, 6.07) is 6.82. The van der Waals surface area contributed by atoms with Crippen molar-refractivity contribution in [3.05, 3.63) is 68.6 Å². The molecule has 152 valence electrons. The monoisotopic (exact) mass is 421 g/mol. The number of anilines is 1. The minimum Gasteiger partial charge on any atom is -0.465 e. The lowest BCUT2D eigenvalue weighted by molar-refractivity contribution is 0.0595. The molecule has 1 N–H and O–H groups in total. The molecule has 3 aromatic rings. The van der Waals surface area contributed by atoms with E-state index in [1.165, 1.54) is 36.9 Å². The predicted octanol–water partition coefficient (Wildman–Crippen LogP) is 0.964. The smallest absolute Gasteiger partial charge is 0.340 e. The molecule has 9 nitrogen and oxygen atoms in total. The van der Waals surface area contributed by atoms with Crippen molar-refractivity contribution < 1.29 is 22.3 Å². The van der Waals surface area contributed by atoms with Crippen LogP contribution < -0.4 is 16.0 Å². The first-order chi connectivity index (χ1) is 13.6. The van der Waals surface area contributed by atoms with Gasteiger partial charge in [-0.2, -0.15) is 0 Å². The van der Waals surface area contributed by atoms with E-state index >= 15 is 0 Å². The second-order valence-corrected chi connectivity index (χ2v) is 7.86. The highest BCUT2D eigenvalue weighted by Crippen LogP contribution is 2.21. The molecule has 0 fully saturated rings. The number of hydrogen-bond acceptors (Lipinski definition) is 6. The van der Waals surface area contributed by atoms with Crippen LogP contribution in [0.15, 0.2) is 50.9 Å². The number of fused-ring (bicyclic) bond motifs is 1. The second kappa shape index (κ2) is 7.17. The molecule has 2 aromatic carbocycles. The number of carbonyl (C=O) groups is 1. The molecule has 0 spiro atoms. The van der Waals surface area contributed by atoms with E-state index in [-0.39, 0.29) is 16.6 Å². The van der Waals surface area contributed by atoms with E-state index in [4.69, 9.17) is 0 Å². The fraction of sp³-hybridized carbons (Fsp3) is 0.167. The summed E-state index contributed by atoms with van der Waals surface area (Å²) in [6.45, 7) is 0. The summed E-state index contributed by atoms with van der Waals surface area (Å²) in [7, 11) is -0.342. The number of nitrogens with zero attached hydrogens (tertiary/aromatic N) is 2. The van der Waals surface area contributed by atoms with E-state index < -0.39 is 43.5 Å². The molecular formula is C18H16FN3O6S. The van der Waals surface area contributed by atoms with Crippen molar-refractivity contribution >= 4 is 32.6 Å². The summed E-state index contributed by atoms with van der Waals surface area (Å²) in [5, 5.41) is 0.228. The molecule has 11 heteroatoms. The summed E-state index contributed by atoms with van der Waals surface area (Å²) in [6.07, 6.45) is 0. The molecule has 0 saturated carbocycles. The molecule has 1 aromatic heterocycles. The fourth-order valence-electron chi connectivity index (χ4n) is 2.80. The van der Waals surface area contributed by atoms with Gasteiger partial charge in [0.05, 0.1) is 34.2 Å². The van der Waals surface area contributed by atoms with Crippen LogP contribution in [-0.4, -0.2) is 30.6 Å². The number of rotatable bonds is 4. The van der Waals surface area contributed by atoms with Gasteiger partial charge in [-0.1, -0.05) is 0 Å². The fourth-order valence-corrected chi connectivity index (χ4v) is 3.86. The van der Waals surface area contributed by atoms with Gasteiger partial charge in [-0.3, -0.25) is 18.7 Å². The van der Waals surface area contributed by atoms with Crippen molar-refractivity contribution in [2.75, 3.05) is 11.8 Å². The van der Waals surface area contributed by atoms with Gasteiger partial charge in [0.25, 0.3) is 15.6 Å². The summed E-state index contributed by atoms with van der Waals surface area (Å²) in [5.41, 5.74) is -1.19. The van der Waals surface area contributed by atoms with Crippen LogP contribution in [0, 0.1) is 5.82 Å². The summed E-state index contributed by atoms with van der Waals surface area (Å²) in [5.74, 6) is -1.99. The van der Waals surface area contributed by atoms with Crippen LogP contribution in [0.5, 0.6) is 0 Å².